The molecule has 92 valence electrons. The summed E-state index contributed by atoms with van der Waals surface area (Å²) in [6.45, 7) is -1.33. The molecular formula is C10H11F2N3O2. The van der Waals surface area contributed by atoms with E-state index in [4.69, 9.17) is 11.5 Å². The molecule has 1 aromatic carbocycles. The van der Waals surface area contributed by atoms with E-state index in [-0.39, 0.29) is 11.3 Å². The third-order valence-electron chi connectivity index (χ3n) is 1.90. The van der Waals surface area contributed by atoms with Gasteiger partial charge in [0, 0.05) is 5.56 Å². The van der Waals surface area contributed by atoms with Gasteiger partial charge in [-0.15, -0.1) is 0 Å². The van der Waals surface area contributed by atoms with Crippen molar-refractivity contribution in [3.05, 3.63) is 29.3 Å². The number of rotatable bonds is 3. The summed E-state index contributed by atoms with van der Waals surface area (Å²) in [6, 6.07) is 3.96. The third-order valence-corrected chi connectivity index (χ3v) is 1.90. The van der Waals surface area contributed by atoms with Crippen LogP contribution in [0.2, 0.25) is 0 Å². The lowest BCUT2D eigenvalue weighted by Crippen LogP contribution is -2.24. The summed E-state index contributed by atoms with van der Waals surface area (Å²) in [6.07, 6.45) is 0. The number of alkyl halides is 2. The maximum absolute atomic E-state index is 12.0. The molecule has 1 aromatic rings. The first-order valence-corrected chi connectivity index (χ1v) is 4.59. The standard InChI is InChI=1S/C10H11F2N3O2/c1-5-2-3-6(17-9(11)12)4-7(5)8(16)15-10(13)14/h2-4,9H,1H3,(H4,13,14,15,16). The lowest BCUT2D eigenvalue weighted by Gasteiger charge is -2.07. The second kappa shape index (κ2) is 5.24. The fraction of sp³-hybridized carbons (Fsp3) is 0.200. The van der Waals surface area contributed by atoms with E-state index in [0.717, 1.165) is 6.07 Å². The fourth-order valence-corrected chi connectivity index (χ4v) is 1.19. The van der Waals surface area contributed by atoms with Crippen molar-refractivity contribution in [2.45, 2.75) is 13.5 Å². The lowest BCUT2D eigenvalue weighted by molar-refractivity contribution is -0.0498. The fourth-order valence-electron chi connectivity index (χ4n) is 1.19. The molecule has 0 aliphatic carbocycles. The summed E-state index contributed by atoms with van der Waals surface area (Å²) in [5.41, 5.74) is 10.8. The van der Waals surface area contributed by atoms with Crippen molar-refractivity contribution in [1.29, 1.82) is 0 Å². The summed E-state index contributed by atoms with van der Waals surface area (Å²) in [5, 5.41) is 0. The van der Waals surface area contributed by atoms with Gasteiger partial charge >= 0.3 is 6.61 Å². The second-order valence-electron chi connectivity index (χ2n) is 3.20. The zero-order chi connectivity index (χ0) is 13.0. The molecule has 7 heteroatoms. The van der Waals surface area contributed by atoms with E-state index in [2.05, 4.69) is 9.73 Å². The largest absolute Gasteiger partial charge is 0.435 e. The van der Waals surface area contributed by atoms with Gasteiger partial charge in [-0.2, -0.15) is 13.8 Å². The van der Waals surface area contributed by atoms with Crippen molar-refractivity contribution < 1.29 is 18.3 Å². The Kier molecular flexibility index (Phi) is 3.97. The molecule has 5 nitrogen and oxygen atoms in total. The average Bonchev–Trinajstić information content (AvgIpc) is 2.19. The number of hydrogen-bond acceptors (Lipinski definition) is 2. The highest BCUT2D eigenvalue weighted by atomic mass is 19.3. The van der Waals surface area contributed by atoms with E-state index in [1.807, 2.05) is 0 Å². The van der Waals surface area contributed by atoms with Crippen LogP contribution in [-0.2, 0) is 0 Å². The van der Waals surface area contributed by atoms with Gasteiger partial charge in [0.2, 0.25) is 0 Å². The number of aliphatic imine (C=N–C) groups is 1. The highest BCUT2D eigenvalue weighted by Gasteiger charge is 2.12. The number of aryl methyl sites for hydroxylation is 1. The van der Waals surface area contributed by atoms with Gasteiger partial charge in [0.25, 0.3) is 5.91 Å². The molecular weight excluding hydrogens is 232 g/mol. The predicted octanol–water partition coefficient (Wildman–Crippen LogP) is 1.01. The van der Waals surface area contributed by atoms with Crippen LogP contribution in [0.25, 0.3) is 0 Å². The molecule has 17 heavy (non-hydrogen) atoms. The van der Waals surface area contributed by atoms with Crippen LogP contribution in [0.4, 0.5) is 8.78 Å². The van der Waals surface area contributed by atoms with Crippen LogP contribution in [0.1, 0.15) is 15.9 Å². The van der Waals surface area contributed by atoms with E-state index in [9.17, 15) is 13.6 Å². The van der Waals surface area contributed by atoms with Gasteiger partial charge in [-0.1, -0.05) is 6.07 Å². The first-order chi connectivity index (χ1) is 7.90. The summed E-state index contributed by atoms with van der Waals surface area (Å²) in [4.78, 5) is 14.8. The van der Waals surface area contributed by atoms with Crippen molar-refractivity contribution in [2.75, 3.05) is 0 Å². The molecule has 0 saturated heterocycles. The number of nitrogens with zero attached hydrogens (tertiary/aromatic N) is 1. The van der Waals surface area contributed by atoms with Crippen LogP contribution in [-0.4, -0.2) is 18.5 Å². The number of carbonyl (C=O) groups is 1. The van der Waals surface area contributed by atoms with E-state index in [0.29, 0.717) is 5.56 Å². The van der Waals surface area contributed by atoms with Gasteiger partial charge in [-0.3, -0.25) is 4.79 Å². The highest BCUT2D eigenvalue weighted by molar-refractivity contribution is 6.03. The molecule has 0 spiro atoms. The second-order valence-corrected chi connectivity index (χ2v) is 3.20. The average molecular weight is 243 g/mol. The smallest absolute Gasteiger partial charge is 0.387 e. The van der Waals surface area contributed by atoms with Gasteiger partial charge in [-0.05, 0) is 24.6 Å². The maximum Gasteiger partial charge on any atom is 0.387 e. The molecule has 1 amide bonds. The van der Waals surface area contributed by atoms with Gasteiger partial charge in [0.15, 0.2) is 5.96 Å². The Morgan fingerprint density at radius 1 is 1.41 bits per heavy atom. The van der Waals surface area contributed by atoms with Crippen molar-refractivity contribution in [2.24, 2.45) is 16.5 Å². The Morgan fingerprint density at radius 2 is 2.06 bits per heavy atom. The quantitative estimate of drug-likeness (QED) is 0.612. The van der Waals surface area contributed by atoms with Crippen LogP contribution >= 0.6 is 0 Å². The monoisotopic (exact) mass is 243 g/mol. The minimum absolute atomic E-state index is 0.108. The Balaban J connectivity index is 3.06. The van der Waals surface area contributed by atoms with Gasteiger partial charge < -0.3 is 16.2 Å². The number of hydrogen-bond donors (Lipinski definition) is 2. The third kappa shape index (κ3) is 3.71. The number of carbonyl (C=O) groups excluding carboxylic acids is 1. The predicted molar refractivity (Wildman–Crippen MR) is 58.0 cm³/mol. The number of nitrogens with two attached hydrogens (primary N) is 2. The highest BCUT2D eigenvalue weighted by Crippen LogP contribution is 2.20. The number of ether oxygens (including phenoxy) is 1. The SMILES string of the molecule is Cc1ccc(OC(F)F)cc1C(=O)N=C(N)N. The Morgan fingerprint density at radius 3 is 2.59 bits per heavy atom. The normalized spacial score (nSPS) is 10.1. The molecule has 0 fully saturated rings. The Hall–Kier alpha value is -2.18. The van der Waals surface area contributed by atoms with Crippen molar-refractivity contribution in [1.82, 2.24) is 0 Å². The zero-order valence-corrected chi connectivity index (χ0v) is 8.98. The van der Waals surface area contributed by atoms with E-state index < -0.39 is 18.5 Å². The lowest BCUT2D eigenvalue weighted by atomic mass is 10.1. The molecule has 4 N–H and O–H groups in total. The topological polar surface area (TPSA) is 90.7 Å². The van der Waals surface area contributed by atoms with E-state index in [1.54, 1.807) is 6.92 Å². The van der Waals surface area contributed by atoms with E-state index >= 15 is 0 Å². The Bertz CT molecular complexity index is 457. The van der Waals surface area contributed by atoms with Crippen LogP contribution in [0.5, 0.6) is 5.75 Å². The van der Waals surface area contributed by atoms with E-state index in [1.165, 1.54) is 12.1 Å². The number of halogens is 2. The van der Waals surface area contributed by atoms with Gasteiger partial charge in [-0.25, -0.2) is 0 Å². The molecule has 1 rings (SSSR count). The summed E-state index contributed by atoms with van der Waals surface area (Å²) < 4.78 is 28.1. The molecule has 0 aliphatic rings. The molecule has 0 saturated carbocycles. The van der Waals surface area contributed by atoms with Gasteiger partial charge in [0.05, 0.1) is 0 Å². The van der Waals surface area contributed by atoms with Crippen LogP contribution < -0.4 is 16.2 Å². The minimum Gasteiger partial charge on any atom is -0.435 e. The molecule has 0 aliphatic heterocycles. The zero-order valence-electron chi connectivity index (χ0n) is 8.98. The molecule has 0 bridgehead atoms. The maximum atomic E-state index is 12.0. The van der Waals surface area contributed by atoms with Crippen molar-refractivity contribution >= 4 is 11.9 Å². The first kappa shape index (κ1) is 12.9. The number of guanidine groups is 1. The molecule has 0 aromatic heterocycles. The van der Waals surface area contributed by atoms with Crippen LogP contribution in [0, 0.1) is 6.92 Å². The number of benzene rings is 1. The van der Waals surface area contributed by atoms with Gasteiger partial charge in [0.1, 0.15) is 5.75 Å². The summed E-state index contributed by atoms with van der Waals surface area (Å²) in [5.74, 6) is -1.23. The minimum atomic E-state index is -2.95. The van der Waals surface area contributed by atoms with Crippen LogP contribution in [0.15, 0.2) is 23.2 Å². The summed E-state index contributed by atoms with van der Waals surface area (Å²) >= 11 is 0. The Labute approximate surface area is 96.1 Å². The van der Waals surface area contributed by atoms with Crippen molar-refractivity contribution in [3.8, 4) is 5.75 Å². The molecule has 0 atom stereocenters. The van der Waals surface area contributed by atoms with Crippen LogP contribution in [0.3, 0.4) is 0 Å². The molecule has 0 radical (unpaired) electrons. The number of amides is 1. The molecule has 0 heterocycles. The summed E-state index contributed by atoms with van der Waals surface area (Å²) in [7, 11) is 0. The first-order valence-electron chi connectivity index (χ1n) is 4.59. The van der Waals surface area contributed by atoms with Crippen molar-refractivity contribution in [3.63, 3.8) is 0 Å². The molecule has 0 unspecified atom stereocenters.